The summed E-state index contributed by atoms with van der Waals surface area (Å²) in [5.74, 6) is 1.54. The van der Waals surface area contributed by atoms with Gasteiger partial charge in [0.25, 0.3) is 0 Å². The van der Waals surface area contributed by atoms with Crippen molar-refractivity contribution < 1.29 is 5.11 Å². The van der Waals surface area contributed by atoms with Crippen LogP contribution in [0.25, 0.3) is 0 Å². The Labute approximate surface area is 109 Å². The van der Waals surface area contributed by atoms with Crippen molar-refractivity contribution in [2.45, 2.75) is 51.1 Å². The predicted molar refractivity (Wildman–Crippen MR) is 70.5 cm³/mol. The fourth-order valence-corrected chi connectivity index (χ4v) is 3.56. The number of hydrogen-bond donors (Lipinski definition) is 1. The summed E-state index contributed by atoms with van der Waals surface area (Å²) in [4.78, 5) is 7.21. The quantitative estimate of drug-likeness (QED) is 0.889. The van der Waals surface area contributed by atoms with E-state index in [9.17, 15) is 5.11 Å². The van der Waals surface area contributed by atoms with E-state index < -0.39 is 0 Å². The first-order valence-corrected chi connectivity index (χ1v) is 7.25. The maximum atomic E-state index is 9.46. The molecule has 3 rings (SSSR count). The van der Waals surface area contributed by atoms with Crippen LogP contribution in [0.3, 0.4) is 0 Å². The highest BCUT2D eigenvalue weighted by Gasteiger charge is 2.31. The Morgan fingerprint density at radius 3 is 2.94 bits per heavy atom. The lowest BCUT2D eigenvalue weighted by atomic mass is 9.97. The Balaban J connectivity index is 1.92. The molecule has 1 fully saturated rings. The molecule has 0 radical (unpaired) electrons. The van der Waals surface area contributed by atoms with Crippen molar-refractivity contribution >= 4 is 0 Å². The lowest BCUT2D eigenvalue weighted by Crippen LogP contribution is -2.27. The van der Waals surface area contributed by atoms with Crippen molar-refractivity contribution in [1.82, 2.24) is 14.5 Å². The van der Waals surface area contributed by atoms with Crippen LogP contribution in [0.5, 0.6) is 0 Å². The van der Waals surface area contributed by atoms with Crippen molar-refractivity contribution in [2.75, 3.05) is 19.7 Å². The lowest BCUT2D eigenvalue weighted by molar-refractivity contribution is 0.230. The Bertz CT molecular complexity index is 415. The fourth-order valence-electron chi connectivity index (χ4n) is 3.56. The van der Waals surface area contributed by atoms with Crippen LogP contribution >= 0.6 is 0 Å². The molecule has 4 nitrogen and oxygen atoms in total. The number of aliphatic hydroxyl groups is 1. The van der Waals surface area contributed by atoms with Crippen molar-refractivity contribution in [3.63, 3.8) is 0 Å². The molecule has 3 heterocycles. The second-order valence-electron chi connectivity index (χ2n) is 5.50. The van der Waals surface area contributed by atoms with E-state index in [1.807, 2.05) is 6.20 Å². The number of imidazole rings is 1. The first-order chi connectivity index (χ1) is 8.85. The van der Waals surface area contributed by atoms with Crippen molar-refractivity contribution in [3.05, 3.63) is 17.7 Å². The van der Waals surface area contributed by atoms with Crippen LogP contribution in [-0.2, 0) is 6.54 Å². The molecule has 2 aliphatic rings. The number of hydrogen-bond acceptors (Lipinski definition) is 3. The zero-order valence-electron chi connectivity index (χ0n) is 11.2. The largest absolute Gasteiger partial charge is 0.396 e. The Kier molecular flexibility index (Phi) is 3.39. The Morgan fingerprint density at radius 1 is 1.33 bits per heavy atom. The van der Waals surface area contributed by atoms with Gasteiger partial charge < -0.3 is 9.67 Å². The van der Waals surface area contributed by atoms with Gasteiger partial charge in [-0.1, -0.05) is 6.92 Å². The van der Waals surface area contributed by atoms with E-state index in [2.05, 4.69) is 21.4 Å². The average molecular weight is 249 g/mol. The third-order valence-electron chi connectivity index (χ3n) is 4.56. The standard InChI is InChI=1S/C14H23N3O/c1-2-16-7-4-6-12(16)14-15-9-13-11(10-18)5-3-8-17(13)14/h9,11-12,18H,2-8,10H2,1H3. The summed E-state index contributed by atoms with van der Waals surface area (Å²) in [5.41, 5.74) is 1.25. The summed E-state index contributed by atoms with van der Waals surface area (Å²) in [5, 5.41) is 9.46. The SMILES string of the molecule is CCN1CCCC1c1ncc2n1CCCC2CO. The monoisotopic (exact) mass is 249 g/mol. The van der Waals surface area contributed by atoms with Crippen LogP contribution in [0.4, 0.5) is 0 Å². The third kappa shape index (κ3) is 1.88. The summed E-state index contributed by atoms with van der Waals surface area (Å²) in [6.45, 7) is 5.88. The number of fused-ring (bicyclic) bond motifs is 1. The third-order valence-corrected chi connectivity index (χ3v) is 4.56. The molecule has 1 N–H and O–H groups in total. The number of aromatic nitrogens is 2. The van der Waals surface area contributed by atoms with Gasteiger partial charge in [0.05, 0.1) is 12.6 Å². The number of nitrogens with zero attached hydrogens (tertiary/aromatic N) is 3. The van der Waals surface area contributed by atoms with E-state index in [-0.39, 0.29) is 6.61 Å². The summed E-state index contributed by atoms with van der Waals surface area (Å²) < 4.78 is 2.38. The molecule has 0 bridgehead atoms. The van der Waals surface area contributed by atoms with E-state index in [0.29, 0.717) is 12.0 Å². The van der Waals surface area contributed by atoms with Gasteiger partial charge in [-0.25, -0.2) is 4.98 Å². The van der Waals surface area contributed by atoms with E-state index in [0.717, 1.165) is 19.5 Å². The van der Waals surface area contributed by atoms with E-state index in [4.69, 9.17) is 0 Å². The van der Waals surface area contributed by atoms with Crippen molar-refractivity contribution in [3.8, 4) is 0 Å². The second kappa shape index (κ2) is 5.02. The average Bonchev–Trinajstić information content (AvgIpc) is 3.03. The summed E-state index contributed by atoms with van der Waals surface area (Å²) in [6.07, 6.45) is 6.78. The first-order valence-electron chi connectivity index (χ1n) is 7.25. The number of rotatable bonds is 3. The first kappa shape index (κ1) is 12.2. The van der Waals surface area contributed by atoms with Gasteiger partial charge in [-0.2, -0.15) is 0 Å². The summed E-state index contributed by atoms with van der Waals surface area (Å²) >= 11 is 0. The van der Waals surface area contributed by atoms with Crippen LogP contribution in [0.1, 0.15) is 56.1 Å². The van der Waals surface area contributed by atoms with Gasteiger partial charge in [0.1, 0.15) is 5.82 Å². The number of aliphatic hydroxyl groups excluding tert-OH is 1. The molecule has 0 amide bonds. The minimum atomic E-state index is 0.257. The molecule has 1 aromatic rings. The van der Waals surface area contributed by atoms with Gasteiger partial charge in [0.15, 0.2) is 0 Å². The molecule has 18 heavy (non-hydrogen) atoms. The molecule has 2 aliphatic heterocycles. The van der Waals surface area contributed by atoms with Crippen molar-refractivity contribution in [1.29, 1.82) is 0 Å². The molecule has 1 saturated heterocycles. The molecular weight excluding hydrogens is 226 g/mol. The molecule has 4 heteroatoms. The van der Waals surface area contributed by atoms with Crippen LogP contribution < -0.4 is 0 Å². The van der Waals surface area contributed by atoms with E-state index in [1.165, 1.54) is 37.3 Å². The highest BCUT2D eigenvalue weighted by atomic mass is 16.3. The van der Waals surface area contributed by atoms with Gasteiger partial charge >= 0.3 is 0 Å². The van der Waals surface area contributed by atoms with Gasteiger partial charge in [-0.3, -0.25) is 4.90 Å². The Hall–Kier alpha value is -0.870. The normalized spacial score (nSPS) is 28.6. The molecular formula is C14H23N3O. The van der Waals surface area contributed by atoms with Crippen molar-refractivity contribution in [2.24, 2.45) is 0 Å². The van der Waals surface area contributed by atoms with Crippen LogP contribution in [0.2, 0.25) is 0 Å². The number of likely N-dealkylation sites (tertiary alicyclic amines) is 1. The lowest BCUT2D eigenvalue weighted by Gasteiger charge is -2.27. The summed E-state index contributed by atoms with van der Waals surface area (Å²) in [6, 6.07) is 0.501. The minimum Gasteiger partial charge on any atom is -0.396 e. The van der Waals surface area contributed by atoms with Gasteiger partial charge in [0, 0.05) is 24.4 Å². The molecule has 0 aromatic carbocycles. The molecule has 1 aromatic heterocycles. The second-order valence-corrected chi connectivity index (χ2v) is 5.50. The molecule has 0 saturated carbocycles. The molecule has 2 atom stereocenters. The van der Waals surface area contributed by atoms with Gasteiger partial charge in [-0.05, 0) is 38.8 Å². The zero-order chi connectivity index (χ0) is 12.5. The smallest absolute Gasteiger partial charge is 0.126 e. The highest BCUT2D eigenvalue weighted by molar-refractivity contribution is 5.16. The highest BCUT2D eigenvalue weighted by Crippen LogP contribution is 2.35. The maximum Gasteiger partial charge on any atom is 0.126 e. The van der Waals surface area contributed by atoms with Gasteiger partial charge in [-0.15, -0.1) is 0 Å². The minimum absolute atomic E-state index is 0.257. The van der Waals surface area contributed by atoms with Gasteiger partial charge in [0.2, 0.25) is 0 Å². The summed E-state index contributed by atoms with van der Waals surface area (Å²) in [7, 11) is 0. The van der Waals surface area contributed by atoms with Crippen LogP contribution in [0, 0.1) is 0 Å². The fraction of sp³-hybridized carbons (Fsp3) is 0.786. The Morgan fingerprint density at radius 2 is 2.17 bits per heavy atom. The maximum absolute atomic E-state index is 9.46. The molecule has 2 unspecified atom stereocenters. The van der Waals surface area contributed by atoms with Crippen LogP contribution in [0.15, 0.2) is 6.20 Å². The van der Waals surface area contributed by atoms with E-state index >= 15 is 0 Å². The molecule has 0 spiro atoms. The van der Waals surface area contributed by atoms with Crippen LogP contribution in [-0.4, -0.2) is 39.3 Å². The molecule has 100 valence electrons. The topological polar surface area (TPSA) is 41.3 Å². The molecule has 0 aliphatic carbocycles. The van der Waals surface area contributed by atoms with E-state index in [1.54, 1.807) is 0 Å². The zero-order valence-corrected chi connectivity index (χ0v) is 11.2. The predicted octanol–water partition coefficient (Wildman–Crippen LogP) is 1.91.